The average Bonchev–Trinajstić information content (AvgIpc) is 2.42. The van der Waals surface area contributed by atoms with Gasteiger partial charge in [-0.2, -0.15) is 0 Å². The van der Waals surface area contributed by atoms with Crippen molar-refractivity contribution in [3.8, 4) is 0 Å². The van der Waals surface area contributed by atoms with E-state index in [1.807, 2.05) is 30.3 Å². The highest BCUT2D eigenvalue weighted by atomic mass is 28.4. The van der Waals surface area contributed by atoms with Gasteiger partial charge in [0.05, 0.1) is 18.1 Å². The van der Waals surface area contributed by atoms with Gasteiger partial charge in [0, 0.05) is 0 Å². The number of carbonyl (C=O) groups is 1. The van der Waals surface area contributed by atoms with E-state index in [1.54, 1.807) is 6.92 Å². The zero-order valence-electron chi connectivity index (χ0n) is 15.0. The molecule has 5 heteroatoms. The monoisotopic (exact) mass is 338 g/mol. The molecule has 0 heterocycles. The first-order chi connectivity index (χ1) is 10.5. The van der Waals surface area contributed by atoms with E-state index in [0.717, 1.165) is 5.56 Å². The number of hydrogen-bond donors (Lipinski definition) is 2. The summed E-state index contributed by atoms with van der Waals surface area (Å²) in [5.41, 5.74) is 0.935. The molecule has 0 amide bonds. The van der Waals surface area contributed by atoms with Gasteiger partial charge in [0.2, 0.25) is 0 Å². The predicted molar refractivity (Wildman–Crippen MR) is 95.0 cm³/mol. The summed E-state index contributed by atoms with van der Waals surface area (Å²) < 4.78 is 6.27. The molecule has 0 spiro atoms. The van der Waals surface area contributed by atoms with Crippen molar-refractivity contribution in [3.05, 3.63) is 35.9 Å². The van der Waals surface area contributed by atoms with E-state index in [0.29, 0.717) is 6.42 Å². The summed E-state index contributed by atoms with van der Waals surface area (Å²) in [4.78, 5) is 11.8. The Kier molecular flexibility index (Phi) is 6.56. The van der Waals surface area contributed by atoms with Gasteiger partial charge in [-0.3, -0.25) is 4.79 Å². The van der Waals surface area contributed by atoms with Gasteiger partial charge in [-0.25, -0.2) is 0 Å². The van der Waals surface area contributed by atoms with Crippen LogP contribution in [0.5, 0.6) is 0 Å². The van der Waals surface area contributed by atoms with Crippen LogP contribution in [0.4, 0.5) is 0 Å². The number of benzene rings is 1. The van der Waals surface area contributed by atoms with Crippen molar-refractivity contribution in [1.29, 1.82) is 0 Å². The fourth-order valence-corrected chi connectivity index (χ4v) is 3.64. The van der Waals surface area contributed by atoms with Crippen molar-refractivity contribution in [3.63, 3.8) is 0 Å². The van der Waals surface area contributed by atoms with Gasteiger partial charge in [-0.15, -0.1) is 0 Å². The number of aliphatic hydroxyl groups is 1. The molecular weight excluding hydrogens is 308 g/mol. The van der Waals surface area contributed by atoms with E-state index in [2.05, 4.69) is 33.9 Å². The molecule has 0 bridgehead atoms. The average molecular weight is 339 g/mol. The van der Waals surface area contributed by atoms with E-state index >= 15 is 0 Å². The molecule has 3 atom stereocenters. The van der Waals surface area contributed by atoms with Crippen LogP contribution in [0.1, 0.15) is 33.3 Å². The van der Waals surface area contributed by atoms with Crippen LogP contribution >= 0.6 is 0 Å². The molecular formula is C18H30O4Si. The number of rotatable bonds is 7. The smallest absolute Gasteiger partial charge is 0.309 e. The van der Waals surface area contributed by atoms with Crippen molar-refractivity contribution in [2.45, 2.75) is 64.5 Å². The molecule has 4 nitrogen and oxygen atoms in total. The Hall–Kier alpha value is -1.17. The molecule has 2 N–H and O–H groups in total. The highest BCUT2D eigenvalue weighted by Gasteiger charge is 2.43. The Bertz CT molecular complexity index is 506. The Morgan fingerprint density at radius 1 is 1.22 bits per heavy atom. The lowest BCUT2D eigenvalue weighted by Crippen LogP contribution is -2.51. The normalized spacial score (nSPS) is 16.7. The maximum Gasteiger partial charge on any atom is 0.309 e. The SMILES string of the molecule is C[C@@H](O)[C@@H](O[Si](C)(C)C(C)(C)C)[C@@H](Cc1ccccc1)C(=O)O. The lowest BCUT2D eigenvalue weighted by atomic mass is 9.91. The first-order valence-electron chi connectivity index (χ1n) is 8.08. The molecule has 23 heavy (non-hydrogen) atoms. The topological polar surface area (TPSA) is 66.8 Å². The molecule has 0 aliphatic carbocycles. The fourth-order valence-electron chi connectivity index (χ4n) is 2.25. The maximum atomic E-state index is 11.8. The highest BCUT2D eigenvalue weighted by molar-refractivity contribution is 6.74. The van der Waals surface area contributed by atoms with Gasteiger partial charge in [-0.05, 0) is 37.0 Å². The largest absolute Gasteiger partial charge is 0.481 e. The van der Waals surface area contributed by atoms with Gasteiger partial charge in [0.15, 0.2) is 8.32 Å². The molecule has 1 aromatic carbocycles. The lowest BCUT2D eigenvalue weighted by Gasteiger charge is -2.41. The van der Waals surface area contributed by atoms with Gasteiger partial charge in [0.1, 0.15) is 0 Å². The van der Waals surface area contributed by atoms with E-state index in [-0.39, 0.29) is 5.04 Å². The molecule has 0 saturated carbocycles. The molecule has 1 rings (SSSR count). The van der Waals surface area contributed by atoms with Crippen LogP contribution < -0.4 is 0 Å². The van der Waals surface area contributed by atoms with Crippen LogP contribution in [-0.4, -0.2) is 36.7 Å². The molecule has 0 saturated heterocycles. The Labute approximate surface area is 140 Å². The fraction of sp³-hybridized carbons (Fsp3) is 0.611. The standard InChI is InChI=1S/C18H30O4Si/c1-13(19)16(22-23(5,6)18(2,3)4)15(17(20)21)12-14-10-8-7-9-11-14/h7-11,13,15-16,19H,12H2,1-6H3,(H,20,21)/t13-,15-,16-/m1/s1. The lowest BCUT2D eigenvalue weighted by molar-refractivity contribution is -0.148. The Morgan fingerprint density at radius 3 is 2.13 bits per heavy atom. The first kappa shape index (κ1) is 19.9. The molecule has 0 aliphatic heterocycles. The second kappa shape index (κ2) is 7.60. The number of aliphatic carboxylic acids is 1. The Balaban J connectivity index is 3.06. The van der Waals surface area contributed by atoms with E-state index in [9.17, 15) is 15.0 Å². The van der Waals surface area contributed by atoms with Gasteiger partial charge < -0.3 is 14.6 Å². The van der Waals surface area contributed by atoms with E-state index in [4.69, 9.17) is 4.43 Å². The summed E-state index contributed by atoms with van der Waals surface area (Å²) in [6.45, 7) is 12.1. The number of carboxylic acid groups (broad SMARTS) is 1. The summed E-state index contributed by atoms with van der Waals surface area (Å²) in [5.74, 6) is -1.70. The third kappa shape index (κ3) is 5.44. The number of hydrogen-bond acceptors (Lipinski definition) is 3. The second-order valence-corrected chi connectivity index (χ2v) is 12.5. The van der Waals surface area contributed by atoms with E-state index in [1.165, 1.54) is 0 Å². The van der Waals surface area contributed by atoms with Crippen LogP contribution in [-0.2, 0) is 15.6 Å². The van der Waals surface area contributed by atoms with Crippen molar-refractivity contribution < 1.29 is 19.4 Å². The molecule has 0 unspecified atom stereocenters. The number of carboxylic acids is 1. The van der Waals surface area contributed by atoms with Crippen molar-refractivity contribution in [2.24, 2.45) is 5.92 Å². The summed E-state index contributed by atoms with van der Waals surface area (Å²) in [6.07, 6.45) is -1.21. The Morgan fingerprint density at radius 2 is 1.74 bits per heavy atom. The molecule has 0 aromatic heterocycles. The van der Waals surface area contributed by atoms with Crippen LogP contribution in [0.2, 0.25) is 18.1 Å². The van der Waals surface area contributed by atoms with Crippen molar-refractivity contribution in [1.82, 2.24) is 0 Å². The summed E-state index contributed by atoms with van der Waals surface area (Å²) in [6, 6.07) is 9.49. The molecule has 0 radical (unpaired) electrons. The van der Waals surface area contributed by atoms with Gasteiger partial charge in [-0.1, -0.05) is 51.1 Å². The van der Waals surface area contributed by atoms with Crippen LogP contribution in [0.3, 0.4) is 0 Å². The van der Waals surface area contributed by atoms with Crippen molar-refractivity contribution in [2.75, 3.05) is 0 Å². The quantitative estimate of drug-likeness (QED) is 0.744. The van der Waals surface area contributed by atoms with Crippen LogP contribution in [0.15, 0.2) is 30.3 Å². The highest BCUT2D eigenvalue weighted by Crippen LogP contribution is 2.38. The minimum Gasteiger partial charge on any atom is -0.481 e. The minimum absolute atomic E-state index is 0.0457. The summed E-state index contributed by atoms with van der Waals surface area (Å²) in [5, 5.41) is 19.8. The predicted octanol–water partition coefficient (Wildman–Crippen LogP) is 3.70. The summed E-state index contributed by atoms with van der Waals surface area (Å²) in [7, 11) is -2.18. The minimum atomic E-state index is -2.18. The molecule has 1 aromatic rings. The van der Waals surface area contributed by atoms with Gasteiger partial charge in [0.25, 0.3) is 0 Å². The number of aliphatic hydroxyl groups excluding tert-OH is 1. The zero-order valence-corrected chi connectivity index (χ0v) is 16.0. The molecule has 0 fully saturated rings. The third-order valence-corrected chi connectivity index (χ3v) is 9.20. The molecule has 130 valence electrons. The third-order valence-electron chi connectivity index (χ3n) is 4.72. The maximum absolute atomic E-state index is 11.8. The van der Waals surface area contributed by atoms with E-state index < -0.39 is 32.4 Å². The van der Waals surface area contributed by atoms with Crippen LogP contribution in [0.25, 0.3) is 0 Å². The van der Waals surface area contributed by atoms with Gasteiger partial charge >= 0.3 is 5.97 Å². The van der Waals surface area contributed by atoms with Crippen LogP contribution in [0, 0.1) is 5.92 Å². The first-order valence-corrected chi connectivity index (χ1v) is 11.0. The van der Waals surface area contributed by atoms with Crippen molar-refractivity contribution >= 4 is 14.3 Å². The summed E-state index contributed by atoms with van der Waals surface area (Å²) >= 11 is 0. The zero-order chi connectivity index (χ0) is 17.8. The second-order valence-electron chi connectivity index (χ2n) is 7.72. The molecule has 0 aliphatic rings.